The van der Waals surface area contributed by atoms with Crippen molar-refractivity contribution in [2.24, 2.45) is 0 Å². The van der Waals surface area contributed by atoms with E-state index in [0.717, 1.165) is 12.1 Å². The maximum atomic E-state index is 13.1. The summed E-state index contributed by atoms with van der Waals surface area (Å²) in [5.74, 6) is -1.59. The fraction of sp³-hybridized carbons (Fsp3) is 0.417. The average molecular weight is 313 g/mol. The highest BCUT2D eigenvalue weighted by Gasteiger charge is 2.80. The molecular formula is C12H9F6NO2. The molecule has 0 radical (unpaired) electrons. The smallest absolute Gasteiger partial charge is 0.419 e. The average Bonchev–Trinajstić information content (AvgIpc) is 2.68. The SMILES string of the molecule is Cc1ccc(N2CC(=O)OC2(C(F)(F)F)C(F)(F)F)cc1. The number of halogens is 6. The number of hydrogen-bond acceptors (Lipinski definition) is 3. The lowest BCUT2D eigenvalue weighted by Gasteiger charge is -2.39. The summed E-state index contributed by atoms with van der Waals surface area (Å²) in [6.45, 7) is 0.484. The number of ether oxygens (including phenoxy) is 1. The Morgan fingerprint density at radius 1 is 1.05 bits per heavy atom. The highest BCUT2D eigenvalue weighted by atomic mass is 19.4. The molecule has 1 aromatic carbocycles. The summed E-state index contributed by atoms with van der Waals surface area (Å²) < 4.78 is 82.1. The zero-order valence-corrected chi connectivity index (χ0v) is 10.5. The van der Waals surface area contributed by atoms with E-state index in [-0.39, 0.29) is 4.90 Å². The van der Waals surface area contributed by atoms with Crippen molar-refractivity contribution < 1.29 is 35.9 Å². The summed E-state index contributed by atoms with van der Waals surface area (Å²) in [7, 11) is 0. The Morgan fingerprint density at radius 2 is 1.52 bits per heavy atom. The second kappa shape index (κ2) is 4.54. The predicted molar refractivity (Wildman–Crippen MR) is 59.5 cm³/mol. The van der Waals surface area contributed by atoms with Crippen LogP contribution in [0.4, 0.5) is 32.0 Å². The van der Waals surface area contributed by atoms with Crippen LogP contribution in [0.5, 0.6) is 0 Å². The molecule has 116 valence electrons. The molecule has 0 amide bonds. The van der Waals surface area contributed by atoms with Gasteiger partial charge in [0.25, 0.3) is 0 Å². The Morgan fingerprint density at radius 3 is 1.95 bits per heavy atom. The van der Waals surface area contributed by atoms with Gasteiger partial charge in [-0.25, -0.2) is 0 Å². The summed E-state index contributed by atoms with van der Waals surface area (Å²) in [5.41, 5.74) is -4.41. The first-order valence-electron chi connectivity index (χ1n) is 5.68. The standard InChI is InChI=1S/C12H9F6NO2/c1-7-2-4-8(5-3-7)19-6-9(20)21-10(19,11(13,14)15)12(16,17)18/h2-5H,6H2,1H3. The van der Waals surface area contributed by atoms with Gasteiger partial charge in [-0.05, 0) is 19.1 Å². The van der Waals surface area contributed by atoms with Gasteiger partial charge >= 0.3 is 24.0 Å². The third kappa shape index (κ3) is 2.30. The van der Waals surface area contributed by atoms with Crippen molar-refractivity contribution in [3.05, 3.63) is 29.8 Å². The topological polar surface area (TPSA) is 29.5 Å². The third-order valence-electron chi connectivity index (χ3n) is 3.04. The largest absolute Gasteiger partial charge is 0.458 e. The number of aryl methyl sites for hydroxylation is 1. The van der Waals surface area contributed by atoms with Gasteiger partial charge in [-0.15, -0.1) is 0 Å². The van der Waals surface area contributed by atoms with Crippen LogP contribution in [0.25, 0.3) is 0 Å². The number of alkyl halides is 6. The Labute approximate surface area is 115 Å². The lowest BCUT2D eigenvalue weighted by atomic mass is 10.1. The fourth-order valence-corrected chi connectivity index (χ4v) is 2.07. The number of cyclic esters (lactones) is 1. The molecule has 0 unspecified atom stereocenters. The molecule has 1 heterocycles. The molecule has 0 bridgehead atoms. The van der Waals surface area contributed by atoms with E-state index in [4.69, 9.17) is 0 Å². The Bertz CT molecular complexity index is 534. The number of carbonyl (C=O) groups excluding carboxylic acids is 1. The minimum Gasteiger partial charge on any atom is -0.419 e. The maximum absolute atomic E-state index is 13.1. The third-order valence-corrected chi connectivity index (χ3v) is 3.04. The first kappa shape index (κ1) is 15.5. The van der Waals surface area contributed by atoms with E-state index < -0.39 is 36.3 Å². The number of rotatable bonds is 1. The summed E-state index contributed by atoms with van der Waals surface area (Å²) in [5, 5.41) is 0. The molecule has 1 saturated heterocycles. The van der Waals surface area contributed by atoms with E-state index in [9.17, 15) is 31.1 Å². The van der Waals surface area contributed by atoms with Crippen molar-refractivity contribution in [1.29, 1.82) is 0 Å². The van der Waals surface area contributed by atoms with Crippen LogP contribution in [0.15, 0.2) is 24.3 Å². The van der Waals surface area contributed by atoms with E-state index in [0.29, 0.717) is 5.56 Å². The van der Waals surface area contributed by atoms with E-state index in [1.807, 2.05) is 0 Å². The first-order chi connectivity index (χ1) is 9.49. The minimum absolute atomic E-state index is 0.116. The van der Waals surface area contributed by atoms with Gasteiger partial charge in [0.05, 0.1) is 0 Å². The molecule has 1 aliphatic rings. The number of hydrogen-bond donors (Lipinski definition) is 0. The number of esters is 1. The minimum atomic E-state index is -5.83. The highest BCUT2D eigenvalue weighted by molar-refractivity contribution is 5.81. The second-order valence-corrected chi connectivity index (χ2v) is 4.54. The van der Waals surface area contributed by atoms with E-state index in [1.165, 1.54) is 12.1 Å². The first-order valence-corrected chi connectivity index (χ1v) is 5.68. The highest BCUT2D eigenvalue weighted by Crippen LogP contribution is 2.51. The molecule has 1 fully saturated rings. The van der Waals surface area contributed by atoms with Crippen LogP contribution in [0.3, 0.4) is 0 Å². The molecule has 0 aromatic heterocycles. The van der Waals surface area contributed by atoms with Gasteiger partial charge in [-0.2, -0.15) is 26.3 Å². The molecule has 0 N–H and O–H groups in total. The molecule has 21 heavy (non-hydrogen) atoms. The van der Waals surface area contributed by atoms with Crippen molar-refractivity contribution in [3.8, 4) is 0 Å². The molecular weight excluding hydrogens is 304 g/mol. The number of benzene rings is 1. The van der Waals surface area contributed by atoms with Gasteiger partial charge in [0, 0.05) is 5.69 Å². The van der Waals surface area contributed by atoms with Crippen LogP contribution in [-0.4, -0.2) is 30.6 Å². The quantitative estimate of drug-likeness (QED) is 0.589. The molecule has 1 aromatic rings. The molecule has 3 nitrogen and oxygen atoms in total. The van der Waals surface area contributed by atoms with Gasteiger partial charge in [0.15, 0.2) is 0 Å². The van der Waals surface area contributed by atoms with Crippen molar-refractivity contribution >= 4 is 11.7 Å². The number of anilines is 1. The molecule has 0 saturated carbocycles. The number of nitrogens with zero attached hydrogens (tertiary/aromatic N) is 1. The fourth-order valence-electron chi connectivity index (χ4n) is 2.07. The molecule has 2 rings (SSSR count). The lowest BCUT2D eigenvalue weighted by molar-refractivity contribution is -0.359. The van der Waals surface area contributed by atoms with Crippen molar-refractivity contribution in [1.82, 2.24) is 0 Å². The van der Waals surface area contributed by atoms with Gasteiger partial charge in [-0.3, -0.25) is 4.79 Å². The van der Waals surface area contributed by atoms with E-state index >= 15 is 0 Å². The molecule has 1 aliphatic heterocycles. The Hall–Kier alpha value is -1.93. The zero-order chi connectivity index (χ0) is 16.1. The second-order valence-electron chi connectivity index (χ2n) is 4.54. The van der Waals surface area contributed by atoms with Gasteiger partial charge in [0.2, 0.25) is 0 Å². The Kier molecular flexibility index (Phi) is 3.34. The van der Waals surface area contributed by atoms with Crippen LogP contribution in [0.1, 0.15) is 5.56 Å². The lowest BCUT2D eigenvalue weighted by Crippen LogP contribution is -2.66. The molecule has 0 aliphatic carbocycles. The normalized spacial score (nSPS) is 18.8. The maximum Gasteiger partial charge on any atom is 0.458 e. The van der Waals surface area contributed by atoms with Crippen molar-refractivity contribution in [2.45, 2.75) is 25.0 Å². The predicted octanol–water partition coefficient (Wildman–Crippen LogP) is 3.18. The van der Waals surface area contributed by atoms with Gasteiger partial charge in [0.1, 0.15) is 6.54 Å². The van der Waals surface area contributed by atoms with Crippen molar-refractivity contribution in [3.63, 3.8) is 0 Å². The van der Waals surface area contributed by atoms with Crippen LogP contribution in [0, 0.1) is 6.92 Å². The molecule has 0 spiro atoms. The van der Waals surface area contributed by atoms with Gasteiger partial charge in [-0.1, -0.05) is 17.7 Å². The monoisotopic (exact) mass is 313 g/mol. The van der Waals surface area contributed by atoms with Crippen LogP contribution in [0.2, 0.25) is 0 Å². The van der Waals surface area contributed by atoms with Crippen LogP contribution in [-0.2, 0) is 9.53 Å². The van der Waals surface area contributed by atoms with Crippen molar-refractivity contribution in [2.75, 3.05) is 11.4 Å². The zero-order valence-electron chi connectivity index (χ0n) is 10.5. The summed E-state index contributed by atoms with van der Waals surface area (Å²) in [4.78, 5) is 11.0. The van der Waals surface area contributed by atoms with E-state index in [1.54, 1.807) is 6.92 Å². The van der Waals surface area contributed by atoms with Crippen LogP contribution < -0.4 is 4.90 Å². The van der Waals surface area contributed by atoms with Gasteiger partial charge < -0.3 is 9.64 Å². The number of carbonyl (C=O) groups is 1. The van der Waals surface area contributed by atoms with E-state index in [2.05, 4.69) is 4.74 Å². The summed E-state index contributed by atoms with van der Waals surface area (Å²) in [6, 6.07) is 4.83. The summed E-state index contributed by atoms with van der Waals surface area (Å²) >= 11 is 0. The molecule has 9 heteroatoms. The molecule has 0 atom stereocenters. The van der Waals surface area contributed by atoms with Crippen LogP contribution >= 0.6 is 0 Å². The summed E-state index contributed by atoms with van der Waals surface area (Å²) in [6.07, 6.45) is -11.7. The Balaban J connectivity index is 2.61.